The van der Waals surface area contributed by atoms with E-state index in [0.29, 0.717) is 0 Å². The molecule has 0 radical (unpaired) electrons. The second-order valence-corrected chi connectivity index (χ2v) is 3.58. The Morgan fingerprint density at radius 3 is 2.77 bits per heavy atom. The second-order valence-electron chi connectivity index (χ2n) is 2.60. The molecular formula is C11H18NW-. The summed E-state index contributed by atoms with van der Waals surface area (Å²) in [4.78, 5) is 4.31. The monoisotopic (exact) mass is 348 g/mol. The van der Waals surface area contributed by atoms with Crippen molar-refractivity contribution in [2.45, 2.75) is 46.0 Å². The van der Waals surface area contributed by atoms with Gasteiger partial charge >= 0.3 is 78.8 Å². The molecule has 0 spiro atoms. The van der Waals surface area contributed by atoms with Crippen molar-refractivity contribution in [2.24, 2.45) is 4.99 Å². The van der Waals surface area contributed by atoms with Gasteiger partial charge in [0.1, 0.15) is 0 Å². The summed E-state index contributed by atoms with van der Waals surface area (Å²) in [5.41, 5.74) is 1.17. The molecule has 0 saturated heterocycles. The summed E-state index contributed by atoms with van der Waals surface area (Å²) in [5.74, 6) is 0. The molecule has 0 fully saturated rings. The molecule has 0 heterocycles. The zero-order valence-corrected chi connectivity index (χ0v) is 11.5. The molecule has 13 heavy (non-hydrogen) atoms. The van der Waals surface area contributed by atoms with Crippen molar-refractivity contribution in [3.8, 4) is 0 Å². The molecule has 0 amide bonds. The molecule has 0 aromatic rings. The van der Waals surface area contributed by atoms with Crippen LogP contribution in [0.15, 0.2) is 10.7 Å². The fourth-order valence-corrected chi connectivity index (χ4v) is 1.36. The fourth-order valence-electron chi connectivity index (χ4n) is 1.15. The normalized spacial score (nSPS) is 16.9. The summed E-state index contributed by atoms with van der Waals surface area (Å²) in [6, 6.07) is 0. The zero-order chi connectivity index (χ0) is 9.94. The third-order valence-corrected chi connectivity index (χ3v) is 2.15. The van der Waals surface area contributed by atoms with Crippen molar-refractivity contribution in [3.05, 3.63) is 11.8 Å². The Labute approximate surface area is 92.7 Å². The predicted molar refractivity (Wildman–Crippen MR) is 55.7 cm³/mol. The molecule has 0 saturated carbocycles. The number of rotatable bonds is 2. The quantitative estimate of drug-likeness (QED) is 0.537. The van der Waals surface area contributed by atoms with Gasteiger partial charge in [-0.25, -0.2) is 0 Å². The van der Waals surface area contributed by atoms with Gasteiger partial charge in [0, 0.05) is 0 Å². The molecule has 0 aromatic carbocycles. The Morgan fingerprint density at radius 2 is 2.08 bits per heavy atom. The first-order valence-corrected chi connectivity index (χ1v) is 6.70. The van der Waals surface area contributed by atoms with Crippen molar-refractivity contribution in [3.63, 3.8) is 0 Å². The van der Waals surface area contributed by atoms with Crippen LogP contribution in [-0.4, -0.2) is 10.6 Å². The molecule has 1 aliphatic carbocycles. The maximum absolute atomic E-state index is 4.31. The first kappa shape index (κ1) is 13.0. The molecular weight excluding hydrogens is 330 g/mol. The molecule has 0 bridgehead atoms. The summed E-state index contributed by atoms with van der Waals surface area (Å²) in [6.45, 7) is 4.00. The van der Waals surface area contributed by atoms with Gasteiger partial charge in [-0.1, -0.05) is 13.8 Å². The van der Waals surface area contributed by atoms with Crippen LogP contribution in [0.25, 0.3) is 0 Å². The van der Waals surface area contributed by atoms with Crippen LogP contribution >= 0.6 is 0 Å². The van der Waals surface area contributed by atoms with E-state index in [1.807, 2.05) is 24.5 Å². The van der Waals surface area contributed by atoms with Gasteiger partial charge in [-0.2, -0.15) is 0 Å². The molecule has 0 aromatic heterocycles. The van der Waals surface area contributed by atoms with E-state index in [9.17, 15) is 0 Å². The summed E-state index contributed by atoms with van der Waals surface area (Å²) in [7, 11) is 0. The number of nitrogens with zero attached hydrogens (tertiary/aromatic N) is 1. The van der Waals surface area contributed by atoms with Crippen LogP contribution in [0.2, 0.25) is 0 Å². The van der Waals surface area contributed by atoms with Crippen molar-refractivity contribution < 1.29 is 19.4 Å². The van der Waals surface area contributed by atoms with Crippen molar-refractivity contribution in [2.75, 3.05) is 0 Å². The molecule has 0 aliphatic heterocycles. The number of aliphatic imine (C=N–C) groups is 1. The molecule has 74 valence electrons. The van der Waals surface area contributed by atoms with E-state index in [-0.39, 0.29) is 0 Å². The summed E-state index contributed by atoms with van der Waals surface area (Å²) in [5, 5.41) is 0. The zero-order valence-electron chi connectivity index (χ0n) is 8.55. The van der Waals surface area contributed by atoms with Gasteiger partial charge in [0.15, 0.2) is 0 Å². The van der Waals surface area contributed by atoms with Gasteiger partial charge in [0.05, 0.1) is 0 Å². The van der Waals surface area contributed by atoms with Gasteiger partial charge in [-0.05, 0) is 0 Å². The van der Waals surface area contributed by atoms with E-state index >= 15 is 0 Å². The summed E-state index contributed by atoms with van der Waals surface area (Å²) >= 11 is 1.46. The minimum absolute atomic E-state index is 1.10. The Morgan fingerprint density at radius 1 is 1.31 bits per heavy atom. The summed E-state index contributed by atoms with van der Waals surface area (Å²) in [6.07, 6.45) is 11.4. The second kappa shape index (κ2) is 10.1. The van der Waals surface area contributed by atoms with E-state index in [1.165, 1.54) is 44.3 Å². The topological polar surface area (TPSA) is 12.4 Å². The molecule has 1 rings (SSSR count). The number of hydrogen-bond donors (Lipinski definition) is 0. The Kier molecular flexibility index (Phi) is 10.0. The average molecular weight is 348 g/mol. The Balaban J connectivity index is 0.000000671. The van der Waals surface area contributed by atoms with Crippen molar-refractivity contribution >= 4 is 10.6 Å². The molecule has 2 heteroatoms. The predicted octanol–water partition coefficient (Wildman–Crippen LogP) is 3.08. The van der Waals surface area contributed by atoms with E-state index < -0.39 is 0 Å². The van der Waals surface area contributed by atoms with Gasteiger partial charge < -0.3 is 0 Å². The van der Waals surface area contributed by atoms with Gasteiger partial charge in [-0.15, -0.1) is 0 Å². The SMILES string of the molecule is CC.[W]=[CH]C=NC1=[C-]CCCCC1. The third-order valence-electron chi connectivity index (χ3n) is 1.71. The van der Waals surface area contributed by atoms with Crippen molar-refractivity contribution in [1.82, 2.24) is 0 Å². The standard InChI is InChI=1S/C9H12N.C2H6.W/c1-2-10-9-7-5-3-4-6-8-9;1-2;/h1-2H,3-7H2;1-2H3;/q-1;;. The molecule has 0 unspecified atom stereocenters. The fraction of sp³-hybridized carbons (Fsp3) is 0.636. The van der Waals surface area contributed by atoms with Gasteiger partial charge in [0.2, 0.25) is 0 Å². The molecule has 1 nitrogen and oxygen atoms in total. The van der Waals surface area contributed by atoms with Crippen LogP contribution in [0.5, 0.6) is 0 Å². The molecule has 0 N–H and O–H groups in total. The summed E-state index contributed by atoms with van der Waals surface area (Å²) < 4.78 is 2.04. The van der Waals surface area contributed by atoms with Gasteiger partial charge in [-0.3, -0.25) is 0 Å². The van der Waals surface area contributed by atoms with E-state index in [4.69, 9.17) is 0 Å². The van der Waals surface area contributed by atoms with E-state index in [0.717, 1.165) is 12.8 Å². The minimum atomic E-state index is 1.10. The Hall–Kier alpha value is -0.0317. The molecule has 1 aliphatic rings. The van der Waals surface area contributed by atoms with Crippen molar-refractivity contribution in [1.29, 1.82) is 0 Å². The third kappa shape index (κ3) is 7.07. The van der Waals surface area contributed by atoms with E-state index in [1.54, 1.807) is 0 Å². The average Bonchev–Trinajstić information content (AvgIpc) is 2.46. The molecule has 0 atom stereocenters. The number of allylic oxidation sites excluding steroid dienone is 2. The first-order chi connectivity index (χ1) is 6.43. The van der Waals surface area contributed by atoms with Crippen LogP contribution in [0.1, 0.15) is 46.0 Å². The van der Waals surface area contributed by atoms with E-state index in [2.05, 4.69) is 11.1 Å². The van der Waals surface area contributed by atoms with Crippen LogP contribution in [0, 0.1) is 6.08 Å². The number of hydrogen-bond acceptors (Lipinski definition) is 1. The first-order valence-electron chi connectivity index (χ1n) is 5.01. The van der Waals surface area contributed by atoms with Crippen LogP contribution in [0.4, 0.5) is 0 Å². The Bertz CT molecular complexity index is 183. The maximum atomic E-state index is 4.31. The van der Waals surface area contributed by atoms with Crippen LogP contribution in [0.3, 0.4) is 0 Å². The van der Waals surface area contributed by atoms with Crippen LogP contribution < -0.4 is 0 Å². The van der Waals surface area contributed by atoms with Crippen LogP contribution in [-0.2, 0) is 19.4 Å². The van der Waals surface area contributed by atoms with Gasteiger partial charge in [0.25, 0.3) is 0 Å².